The van der Waals surface area contributed by atoms with Gasteiger partial charge in [0.2, 0.25) is 5.88 Å². The molecule has 0 aliphatic heterocycles. The molecule has 0 amide bonds. The molecule has 3 aromatic rings. The van der Waals surface area contributed by atoms with Gasteiger partial charge in [-0.3, -0.25) is 0 Å². The number of halogens is 4. The maximum absolute atomic E-state index is 12.6. The van der Waals surface area contributed by atoms with Crippen molar-refractivity contribution in [2.24, 2.45) is 0 Å². The Bertz CT molecular complexity index is 851. The van der Waals surface area contributed by atoms with Crippen LogP contribution in [0.1, 0.15) is 5.56 Å². The fourth-order valence-electron chi connectivity index (χ4n) is 2.03. The Labute approximate surface area is 140 Å². The van der Waals surface area contributed by atoms with Gasteiger partial charge in [0.25, 0.3) is 0 Å². The summed E-state index contributed by atoms with van der Waals surface area (Å²) in [5, 5.41) is 0.284. The van der Waals surface area contributed by atoms with E-state index >= 15 is 0 Å². The molecule has 2 heterocycles. The normalized spacial score (nSPS) is 11.3. The van der Waals surface area contributed by atoms with Crippen molar-refractivity contribution in [2.45, 2.75) is 6.18 Å². The van der Waals surface area contributed by atoms with Crippen molar-refractivity contribution in [3.8, 4) is 22.9 Å². The van der Waals surface area contributed by atoms with Crippen molar-refractivity contribution >= 4 is 11.6 Å². The lowest BCUT2D eigenvalue weighted by molar-refractivity contribution is -0.137. The first-order valence-corrected chi connectivity index (χ1v) is 7.24. The van der Waals surface area contributed by atoms with Gasteiger partial charge in [0.1, 0.15) is 10.9 Å². The first kappa shape index (κ1) is 16.3. The summed E-state index contributed by atoms with van der Waals surface area (Å²) in [4.78, 5) is 8.14. The first-order valence-electron chi connectivity index (χ1n) is 6.86. The molecule has 0 aliphatic carbocycles. The van der Waals surface area contributed by atoms with E-state index in [2.05, 4.69) is 9.97 Å². The van der Waals surface area contributed by atoms with Crippen LogP contribution in [-0.4, -0.2) is 9.97 Å². The zero-order valence-corrected chi connectivity index (χ0v) is 12.8. The van der Waals surface area contributed by atoms with Crippen molar-refractivity contribution < 1.29 is 17.9 Å². The van der Waals surface area contributed by atoms with E-state index in [4.69, 9.17) is 16.3 Å². The van der Waals surface area contributed by atoms with Crippen molar-refractivity contribution in [3.63, 3.8) is 0 Å². The minimum Gasteiger partial charge on any atom is -0.439 e. The summed E-state index contributed by atoms with van der Waals surface area (Å²) in [5.74, 6) is 0.765. The van der Waals surface area contributed by atoms with Gasteiger partial charge in [0, 0.05) is 23.9 Å². The number of ether oxygens (including phenoxy) is 1. The summed E-state index contributed by atoms with van der Waals surface area (Å²) in [7, 11) is 0. The molecule has 0 atom stereocenters. The number of aromatic nitrogens is 2. The highest BCUT2D eigenvalue weighted by Crippen LogP contribution is 2.31. The van der Waals surface area contributed by atoms with E-state index in [1.807, 2.05) is 0 Å². The molecule has 1 aromatic carbocycles. The van der Waals surface area contributed by atoms with Gasteiger partial charge in [-0.25, -0.2) is 9.97 Å². The van der Waals surface area contributed by atoms with Crippen LogP contribution in [0.4, 0.5) is 13.2 Å². The largest absolute Gasteiger partial charge is 0.439 e. The number of rotatable bonds is 3. The van der Waals surface area contributed by atoms with Crippen LogP contribution < -0.4 is 4.74 Å². The van der Waals surface area contributed by atoms with Crippen molar-refractivity contribution in [1.82, 2.24) is 9.97 Å². The van der Waals surface area contributed by atoms with Crippen LogP contribution in [0.3, 0.4) is 0 Å². The summed E-state index contributed by atoms with van der Waals surface area (Å²) in [6.07, 6.45) is -2.87. The molecule has 122 valence electrons. The third kappa shape index (κ3) is 3.83. The van der Waals surface area contributed by atoms with Crippen LogP contribution in [0.25, 0.3) is 11.3 Å². The third-order valence-electron chi connectivity index (χ3n) is 3.15. The van der Waals surface area contributed by atoms with Crippen LogP contribution in [0, 0.1) is 0 Å². The highest BCUT2D eigenvalue weighted by Gasteiger charge is 2.30. The molecule has 0 radical (unpaired) electrons. The molecule has 0 spiro atoms. The average molecular weight is 351 g/mol. The van der Waals surface area contributed by atoms with E-state index in [0.29, 0.717) is 22.9 Å². The zero-order valence-electron chi connectivity index (χ0n) is 12.1. The Morgan fingerprint density at radius 3 is 2.38 bits per heavy atom. The number of hydrogen-bond acceptors (Lipinski definition) is 3. The van der Waals surface area contributed by atoms with Gasteiger partial charge < -0.3 is 4.74 Å². The minimum absolute atomic E-state index is 0.284. The Morgan fingerprint density at radius 2 is 1.71 bits per heavy atom. The second-order valence-corrected chi connectivity index (χ2v) is 5.24. The average Bonchev–Trinajstić information content (AvgIpc) is 2.54. The van der Waals surface area contributed by atoms with E-state index in [9.17, 15) is 13.2 Å². The van der Waals surface area contributed by atoms with Crippen LogP contribution >= 0.6 is 11.6 Å². The van der Waals surface area contributed by atoms with Gasteiger partial charge in [-0.05, 0) is 24.3 Å². The van der Waals surface area contributed by atoms with E-state index in [1.165, 1.54) is 24.4 Å². The summed E-state index contributed by atoms with van der Waals surface area (Å²) in [5.41, 5.74) is 0.354. The number of benzene rings is 1. The predicted molar refractivity (Wildman–Crippen MR) is 84.0 cm³/mol. The van der Waals surface area contributed by atoms with E-state index < -0.39 is 11.7 Å². The van der Waals surface area contributed by atoms with Gasteiger partial charge in [-0.2, -0.15) is 13.2 Å². The number of pyridine rings is 2. The topological polar surface area (TPSA) is 35.0 Å². The molecule has 3 rings (SSSR count). The molecule has 0 saturated heterocycles. The van der Waals surface area contributed by atoms with Gasteiger partial charge >= 0.3 is 6.18 Å². The summed E-state index contributed by atoms with van der Waals surface area (Å²) in [6.45, 7) is 0. The summed E-state index contributed by atoms with van der Waals surface area (Å²) >= 11 is 5.79. The van der Waals surface area contributed by atoms with Gasteiger partial charge in [0.15, 0.2) is 0 Å². The standard InChI is InChI=1S/C17H10ClF3N2O/c18-15-10-13(8-9-22-15)24-16-3-1-2-14(23-16)11-4-6-12(7-5-11)17(19,20)21/h1-10H. The molecular weight excluding hydrogens is 341 g/mol. The highest BCUT2D eigenvalue weighted by molar-refractivity contribution is 6.29. The molecule has 7 heteroatoms. The lowest BCUT2D eigenvalue weighted by atomic mass is 10.1. The fourth-order valence-corrected chi connectivity index (χ4v) is 2.20. The maximum Gasteiger partial charge on any atom is 0.416 e. The van der Waals surface area contributed by atoms with Crippen molar-refractivity contribution in [1.29, 1.82) is 0 Å². The van der Waals surface area contributed by atoms with E-state index in [-0.39, 0.29) is 5.15 Å². The van der Waals surface area contributed by atoms with E-state index in [1.54, 1.807) is 24.3 Å². The van der Waals surface area contributed by atoms with Gasteiger partial charge in [-0.1, -0.05) is 29.8 Å². The molecule has 0 bridgehead atoms. The van der Waals surface area contributed by atoms with Crippen molar-refractivity contribution in [3.05, 3.63) is 71.5 Å². The van der Waals surface area contributed by atoms with Gasteiger partial charge in [0.05, 0.1) is 11.3 Å². The third-order valence-corrected chi connectivity index (χ3v) is 3.36. The Hall–Kier alpha value is -2.60. The molecule has 0 fully saturated rings. The zero-order chi connectivity index (χ0) is 17.2. The number of nitrogens with zero attached hydrogens (tertiary/aromatic N) is 2. The second-order valence-electron chi connectivity index (χ2n) is 4.85. The van der Waals surface area contributed by atoms with Crippen LogP contribution in [0.2, 0.25) is 5.15 Å². The lowest BCUT2D eigenvalue weighted by Crippen LogP contribution is -2.04. The number of hydrogen-bond donors (Lipinski definition) is 0. The molecule has 0 saturated carbocycles. The SMILES string of the molecule is FC(F)(F)c1ccc(-c2cccc(Oc3ccnc(Cl)c3)n2)cc1. The Kier molecular flexibility index (Phi) is 4.40. The molecule has 24 heavy (non-hydrogen) atoms. The Balaban J connectivity index is 1.85. The van der Waals surface area contributed by atoms with Crippen LogP contribution in [0.15, 0.2) is 60.8 Å². The van der Waals surface area contributed by atoms with Crippen LogP contribution in [-0.2, 0) is 6.18 Å². The molecule has 3 nitrogen and oxygen atoms in total. The summed E-state index contributed by atoms with van der Waals surface area (Å²) in [6, 6.07) is 13.0. The van der Waals surface area contributed by atoms with Crippen molar-refractivity contribution in [2.75, 3.05) is 0 Å². The smallest absolute Gasteiger partial charge is 0.416 e. The summed E-state index contributed by atoms with van der Waals surface area (Å²) < 4.78 is 43.4. The molecule has 2 aromatic heterocycles. The number of alkyl halides is 3. The minimum atomic E-state index is -4.36. The van der Waals surface area contributed by atoms with E-state index in [0.717, 1.165) is 12.1 Å². The highest BCUT2D eigenvalue weighted by atomic mass is 35.5. The quantitative estimate of drug-likeness (QED) is 0.576. The first-order chi connectivity index (χ1) is 11.4. The second kappa shape index (κ2) is 6.49. The molecular formula is C17H10ClF3N2O. The monoisotopic (exact) mass is 350 g/mol. The maximum atomic E-state index is 12.6. The Morgan fingerprint density at radius 1 is 0.958 bits per heavy atom. The molecule has 0 unspecified atom stereocenters. The van der Waals surface area contributed by atoms with Gasteiger partial charge in [-0.15, -0.1) is 0 Å². The fraction of sp³-hybridized carbons (Fsp3) is 0.0588. The van der Waals surface area contributed by atoms with Crippen LogP contribution in [0.5, 0.6) is 11.6 Å². The lowest BCUT2D eigenvalue weighted by Gasteiger charge is -2.09. The predicted octanol–water partition coefficient (Wildman–Crippen LogP) is 5.61. The molecule has 0 N–H and O–H groups in total. The molecule has 0 aliphatic rings.